The molecule has 0 radical (unpaired) electrons. The summed E-state index contributed by atoms with van der Waals surface area (Å²) in [4.78, 5) is 31.5. The van der Waals surface area contributed by atoms with Crippen molar-refractivity contribution in [1.82, 2.24) is 9.80 Å². The van der Waals surface area contributed by atoms with Crippen LogP contribution in [-0.4, -0.2) is 47.9 Å². The first kappa shape index (κ1) is 33.3. The Morgan fingerprint density at radius 2 is 0.977 bits per heavy atom. The van der Waals surface area contributed by atoms with Gasteiger partial charge >= 0.3 is 0 Å². The van der Waals surface area contributed by atoms with Gasteiger partial charge in [-0.05, 0) is 92.2 Å². The van der Waals surface area contributed by atoms with Crippen LogP contribution in [0.4, 0.5) is 0 Å². The maximum absolute atomic E-state index is 13.9. The average molecular weight is 723 g/mol. The Morgan fingerprint density at radius 3 is 1.32 bits per heavy atom. The molecule has 0 N–H and O–H groups in total. The molecule has 0 saturated heterocycles. The van der Waals surface area contributed by atoms with Gasteiger partial charge in [-0.25, -0.2) is 0 Å². The lowest BCUT2D eigenvalue weighted by Gasteiger charge is -2.29. The van der Waals surface area contributed by atoms with Crippen molar-refractivity contribution in [3.63, 3.8) is 0 Å². The molecular formula is C36H38Br2N2O4. The fourth-order valence-electron chi connectivity index (χ4n) is 4.64. The lowest BCUT2D eigenvalue weighted by molar-refractivity contribution is 0.0644. The van der Waals surface area contributed by atoms with Crippen LogP contribution < -0.4 is 9.47 Å². The highest BCUT2D eigenvalue weighted by Gasteiger charge is 2.22. The van der Waals surface area contributed by atoms with Crippen molar-refractivity contribution >= 4 is 43.7 Å². The van der Waals surface area contributed by atoms with Crippen molar-refractivity contribution in [2.24, 2.45) is 0 Å². The van der Waals surface area contributed by atoms with Gasteiger partial charge in [0.25, 0.3) is 11.8 Å². The number of amides is 2. The summed E-state index contributed by atoms with van der Waals surface area (Å²) in [6, 6.07) is 30.6. The zero-order valence-electron chi connectivity index (χ0n) is 25.2. The molecule has 0 heterocycles. The maximum Gasteiger partial charge on any atom is 0.254 e. The van der Waals surface area contributed by atoms with Crippen molar-refractivity contribution in [2.75, 3.05) is 26.3 Å². The molecule has 0 saturated carbocycles. The van der Waals surface area contributed by atoms with Gasteiger partial charge in [-0.1, -0.05) is 74.5 Å². The highest BCUT2D eigenvalue weighted by molar-refractivity contribution is 9.10. The molecule has 44 heavy (non-hydrogen) atoms. The molecule has 4 rings (SSSR count). The number of ether oxygens (including phenoxy) is 2. The van der Waals surface area contributed by atoms with E-state index in [9.17, 15) is 9.59 Å². The van der Waals surface area contributed by atoms with Crippen LogP contribution in [0, 0.1) is 0 Å². The van der Waals surface area contributed by atoms with Crippen LogP contribution in [0.2, 0.25) is 0 Å². The largest absolute Gasteiger partial charge is 0.492 e. The molecule has 0 bridgehead atoms. The molecule has 6 nitrogen and oxygen atoms in total. The van der Waals surface area contributed by atoms with E-state index in [0.717, 1.165) is 32.9 Å². The van der Waals surface area contributed by atoms with Gasteiger partial charge in [-0.15, -0.1) is 0 Å². The molecular weight excluding hydrogens is 684 g/mol. The first-order valence-corrected chi connectivity index (χ1v) is 16.5. The molecule has 2 amide bonds. The fraction of sp³-hybridized carbons (Fsp3) is 0.278. The third-order valence-corrected chi connectivity index (χ3v) is 8.17. The van der Waals surface area contributed by atoms with Crippen molar-refractivity contribution in [3.8, 4) is 11.5 Å². The van der Waals surface area contributed by atoms with E-state index in [2.05, 4.69) is 45.7 Å². The van der Waals surface area contributed by atoms with Gasteiger partial charge in [0.15, 0.2) is 0 Å². The first-order valence-electron chi connectivity index (χ1n) is 14.9. The number of hydrogen-bond donors (Lipinski definition) is 0. The molecule has 0 spiro atoms. The zero-order chi connectivity index (χ0) is 31.3. The molecule has 230 valence electrons. The van der Waals surface area contributed by atoms with Gasteiger partial charge < -0.3 is 19.3 Å². The molecule has 0 aromatic heterocycles. The summed E-state index contributed by atoms with van der Waals surface area (Å²) in [5.74, 6) is 1.16. The molecule has 0 aliphatic heterocycles. The van der Waals surface area contributed by atoms with E-state index in [4.69, 9.17) is 9.47 Å². The van der Waals surface area contributed by atoms with E-state index in [1.807, 2.05) is 72.8 Å². The predicted molar refractivity (Wildman–Crippen MR) is 182 cm³/mol. The molecule has 0 aliphatic rings. The van der Waals surface area contributed by atoms with E-state index >= 15 is 0 Å². The van der Waals surface area contributed by atoms with Crippen molar-refractivity contribution in [2.45, 2.75) is 39.8 Å². The van der Waals surface area contributed by atoms with E-state index in [1.165, 1.54) is 0 Å². The minimum atomic E-state index is -0.121. The number of hydrogen-bond acceptors (Lipinski definition) is 4. The Morgan fingerprint density at radius 1 is 0.591 bits per heavy atom. The lowest BCUT2D eigenvalue weighted by atomic mass is 10.1. The summed E-state index contributed by atoms with van der Waals surface area (Å²) in [5, 5.41) is 0. The Kier molecular flexibility index (Phi) is 12.9. The quantitative estimate of drug-likeness (QED) is 0.123. The Labute approximate surface area is 277 Å². The standard InChI is InChI=1S/C36H38Br2N2O4/c1-3-21-43-33-17-15-29(23-31(33)37)35(41)39(25-27-11-7-5-8-12-27)19-20-40(26-28-13-9-6-10-14-28)36(42)30-16-18-34(32(38)24-30)44-22-4-2/h5-18,23-24H,3-4,19-22,25-26H2,1-2H3. The summed E-state index contributed by atoms with van der Waals surface area (Å²) >= 11 is 7.14. The van der Waals surface area contributed by atoms with Gasteiger partial charge in [-0.3, -0.25) is 9.59 Å². The smallest absolute Gasteiger partial charge is 0.254 e. The third kappa shape index (κ3) is 9.44. The summed E-state index contributed by atoms with van der Waals surface area (Å²) in [7, 11) is 0. The summed E-state index contributed by atoms with van der Waals surface area (Å²) in [6.07, 6.45) is 1.79. The van der Waals surface area contributed by atoms with E-state index < -0.39 is 0 Å². The van der Waals surface area contributed by atoms with Gasteiger partial charge in [0, 0.05) is 37.3 Å². The van der Waals surface area contributed by atoms with Gasteiger partial charge in [-0.2, -0.15) is 0 Å². The third-order valence-electron chi connectivity index (χ3n) is 6.93. The summed E-state index contributed by atoms with van der Waals surface area (Å²) < 4.78 is 13.0. The molecule has 0 aliphatic carbocycles. The molecule has 8 heteroatoms. The minimum absolute atomic E-state index is 0.121. The summed E-state index contributed by atoms with van der Waals surface area (Å²) in [6.45, 7) is 6.81. The normalized spacial score (nSPS) is 10.7. The van der Waals surface area contributed by atoms with E-state index in [-0.39, 0.29) is 11.8 Å². The number of benzene rings is 4. The monoisotopic (exact) mass is 720 g/mol. The van der Waals surface area contributed by atoms with Crippen LogP contribution in [0.15, 0.2) is 106 Å². The first-order chi connectivity index (χ1) is 21.4. The Hall–Kier alpha value is -3.62. The SMILES string of the molecule is CCCOc1ccc(C(=O)N(CCN(Cc2ccccc2)C(=O)c2ccc(OCCC)c(Br)c2)Cc2ccccc2)cc1Br. The van der Waals surface area contributed by atoms with Crippen LogP contribution in [0.5, 0.6) is 11.5 Å². The number of halogens is 2. The molecule has 0 atom stereocenters. The predicted octanol–water partition coefficient (Wildman–Crippen LogP) is 8.77. The second kappa shape index (κ2) is 17.0. The minimum Gasteiger partial charge on any atom is -0.492 e. The fourth-order valence-corrected chi connectivity index (χ4v) is 5.63. The van der Waals surface area contributed by atoms with Gasteiger partial charge in [0.05, 0.1) is 22.2 Å². The molecule has 4 aromatic rings. The maximum atomic E-state index is 13.9. The van der Waals surface area contributed by atoms with Gasteiger partial charge in [0.1, 0.15) is 11.5 Å². The van der Waals surface area contributed by atoms with Crippen molar-refractivity contribution < 1.29 is 19.1 Å². The number of carbonyl (C=O) groups is 2. The number of carbonyl (C=O) groups excluding carboxylic acids is 2. The van der Waals surface area contributed by atoms with E-state index in [1.54, 1.807) is 34.1 Å². The molecule has 0 unspecified atom stereocenters. The van der Waals surface area contributed by atoms with Crippen LogP contribution in [0.3, 0.4) is 0 Å². The Balaban J connectivity index is 1.59. The second-order valence-electron chi connectivity index (χ2n) is 10.4. The molecule has 4 aromatic carbocycles. The average Bonchev–Trinajstić information content (AvgIpc) is 3.05. The Bertz CT molecular complexity index is 1400. The van der Waals surface area contributed by atoms with Crippen LogP contribution in [0.1, 0.15) is 58.5 Å². The summed E-state index contributed by atoms with van der Waals surface area (Å²) in [5.41, 5.74) is 3.11. The highest BCUT2D eigenvalue weighted by atomic mass is 79.9. The van der Waals surface area contributed by atoms with Crippen LogP contribution in [-0.2, 0) is 13.1 Å². The van der Waals surface area contributed by atoms with Gasteiger partial charge in [0.2, 0.25) is 0 Å². The van der Waals surface area contributed by atoms with Crippen LogP contribution >= 0.6 is 31.9 Å². The van der Waals surface area contributed by atoms with Crippen molar-refractivity contribution in [3.05, 3.63) is 128 Å². The van der Waals surface area contributed by atoms with Crippen LogP contribution in [0.25, 0.3) is 0 Å². The number of nitrogens with zero attached hydrogens (tertiary/aromatic N) is 2. The van der Waals surface area contributed by atoms with Crippen molar-refractivity contribution in [1.29, 1.82) is 0 Å². The number of rotatable bonds is 15. The zero-order valence-corrected chi connectivity index (χ0v) is 28.3. The highest BCUT2D eigenvalue weighted by Crippen LogP contribution is 2.28. The van der Waals surface area contributed by atoms with E-state index in [0.29, 0.717) is 62.0 Å². The topological polar surface area (TPSA) is 59.1 Å². The molecule has 0 fully saturated rings. The second-order valence-corrected chi connectivity index (χ2v) is 12.1. The lowest BCUT2D eigenvalue weighted by Crippen LogP contribution is -2.40.